The molecule has 0 bridgehead atoms. The Morgan fingerprint density at radius 2 is 2.05 bits per heavy atom. The van der Waals surface area contributed by atoms with Gasteiger partial charge in [0, 0.05) is 6.20 Å². The van der Waals surface area contributed by atoms with Gasteiger partial charge in [0.25, 0.3) is 0 Å². The lowest BCUT2D eigenvalue weighted by Crippen LogP contribution is -2.48. The van der Waals surface area contributed by atoms with Gasteiger partial charge in [-0.05, 0) is 26.7 Å². The molecule has 1 N–H and O–H groups in total. The monoisotopic (exact) mass is 296 g/mol. The van der Waals surface area contributed by atoms with Crippen molar-refractivity contribution < 1.29 is 14.3 Å². The van der Waals surface area contributed by atoms with Crippen LogP contribution in [0.5, 0.6) is 0 Å². The molecule has 1 aromatic rings. The highest BCUT2D eigenvalue weighted by Crippen LogP contribution is 2.14. The fourth-order valence-corrected chi connectivity index (χ4v) is 1.72. The average molecular weight is 296 g/mol. The molecule has 0 aliphatic rings. The first-order valence-corrected chi connectivity index (χ1v) is 7.09. The van der Waals surface area contributed by atoms with E-state index in [1.165, 1.54) is 10.9 Å². The smallest absolute Gasteiger partial charge is 0.329 e. The summed E-state index contributed by atoms with van der Waals surface area (Å²) in [4.78, 5) is 24.2. The lowest BCUT2D eigenvalue weighted by molar-refractivity contribution is -0.160. The minimum absolute atomic E-state index is 0.0143. The van der Waals surface area contributed by atoms with Crippen molar-refractivity contribution in [1.29, 1.82) is 0 Å². The highest BCUT2D eigenvalue weighted by Gasteiger charge is 2.30. The van der Waals surface area contributed by atoms with E-state index in [9.17, 15) is 9.59 Å². The maximum absolute atomic E-state index is 12.2. The van der Waals surface area contributed by atoms with E-state index in [1.807, 2.05) is 13.8 Å². The van der Waals surface area contributed by atoms with Gasteiger partial charge in [-0.25, -0.2) is 9.48 Å². The Kier molecular flexibility index (Phi) is 5.87. The Labute approximate surface area is 125 Å². The van der Waals surface area contributed by atoms with Crippen LogP contribution in [0.1, 0.15) is 41.0 Å². The molecule has 0 saturated carbocycles. The molecule has 21 heavy (non-hydrogen) atoms. The molecule has 118 valence electrons. The number of amides is 1. The third-order valence-electron chi connectivity index (χ3n) is 2.97. The van der Waals surface area contributed by atoms with Gasteiger partial charge in [0.05, 0.1) is 6.20 Å². The summed E-state index contributed by atoms with van der Waals surface area (Å²) in [6.07, 6.45) is 3.84. The second kappa shape index (κ2) is 7.19. The number of rotatable bonds is 6. The average Bonchev–Trinajstić information content (AvgIpc) is 2.85. The van der Waals surface area contributed by atoms with Crippen molar-refractivity contribution in [1.82, 2.24) is 20.3 Å². The summed E-state index contributed by atoms with van der Waals surface area (Å²) in [6, 6.07) is -0.662. The number of hydrogen-bond acceptors (Lipinski definition) is 5. The molecular weight excluding hydrogens is 272 g/mol. The van der Waals surface area contributed by atoms with Gasteiger partial charge < -0.3 is 10.1 Å². The molecule has 0 aliphatic carbocycles. The molecule has 2 atom stereocenters. The topological polar surface area (TPSA) is 86.1 Å². The number of nitrogens with one attached hydrogen (secondary N) is 1. The molecule has 1 rings (SSSR count). The van der Waals surface area contributed by atoms with Gasteiger partial charge in [-0.3, -0.25) is 4.79 Å². The number of esters is 1. The van der Waals surface area contributed by atoms with Crippen LogP contribution in [0.3, 0.4) is 0 Å². The number of carbonyl (C=O) groups is 2. The molecule has 1 amide bonds. The molecule has 7 heteroatoms. The van der Waals surface area contributed by atoms with E-state index >= 15 is 0 Å². The first kappa shape index (κ1) is 17.1. The van der Waals surface area contributed by atoms with Crippen LogP contribution < -0.4 is 5.32 Å². The molecular formula is C14H24N4O3. The Hall–Kier alpha value is -1.92. The maximum atomic E-state index is 12.2. The Morgan fingerprint density at radius 3 is 2.52 bits per heavy atom. The van der Waals surface area contributed by atoms with Crippen molar-refractivity contribution >= 4 is 11.9 Å². The number of ether oxygens (including phenoxy) is 1. The third kappa shape index (κ3) is 5.93. The molecule has 0 spiro atoms. The first-order valence-electron chi connectivity index (χ1n) is 7.09. The standard InChI is InChI=1S/C14H24N4O3/c1-6-10(2)12(13(20)21-14(3,4)5)16-11(19)9-18-8-7-15-17-18/h7-8,10,12H,6,9H2,1-5H3,(H,16,19)/t10-,12-/m0/s1. The van der Waals surface area contributed by atoms with E-state index in [0.29, 0.717) is 0 Å². The van der Waals surface area contributed by atoms with Crippen molar-refractivity contribution in [2.45, 2.75) is 59.2 Å². The molecule has 0 fully saturated rings. The van der Waals surface area contributed by atoms with Crippen LogP contribution in [0.25, 0.3) is 0 Å². The Balaban J connectivity index is 2.69. The number of nitrogens with zero attached hydrogens (tertiary/aromatic N) is 3. The van der Waals surface area contributed by atoms with Crippen LogP contribution in [0.4, 0.5) is 0 Å². The van der Waals surface area contributed by atoms with Crippen LogP contribution in [0.2, 0.25) is 0 Å². The summed E-state index contributed by atoms with van der Waals surface area (Å²) in [6.45, 7) is 9.30. The number of carbonyl (C=O) groups excluding carboxylic acids is 2. The maximum Gasteiger partial charge on any atom is 0.329 e. The summed E-state index contributed by atoms with van der Waals surface area (Å²) in [7, 11) is 0. The number of hydrogen-bond donors (Lipinski definition) is 1. The van der Waals surface area contributed by atoms with Crippen molar-refractivity contribution in [2.75, 3.05) is 0 Å². The summed E-state index contributed by atoms with van der Waals surface area (Å²) in [5.74, 6) is -0.722. The predicted molar refractivity (Wildman–Crippen MR) is 77.3 cm³/mol. The zero-order valence-corrected chi connectivity index (χ0v) is 13.3. The van der Waals surface area contributed by atoms with Crippen LogP contribution in [-0.4, -0.2) is 38.5 Å². The van der Waals surface area contributed by atoms with Gasteiger partial charge in [0.1, 0.15) is 18.2 Å². The van der Waals surface area contributed by atoms with Gasteiger partial charge in [0.2, 0.25) is 5.91 Å². The van der Waals surface area contributed by atoms with Crippen molar-refractivity contribution in [3.63, 3.8) is 0 Å². The van der Waals surface area contributed by atoms with Crippen LogP contribution in [0.15, 0.2) is 12.4 Å². The van der Waals surface area contributed by atoms with E-state index < -0.39 is 17.6 Å². The molecule has 1 heterocycles. The SMILES string of the molecule is CC[C@H](C)[C@H](NC(=O)Cn1ccnn1)C(=O)OC(C)(C)C. The lowest BCUT2D eigenvalue weighted by Gasteiger charge is -2.27. The summed E-state index contributed by atoms with van der Waals surface area (Å²) >= 11 is 0. The van der Waals surface area contributed by atoms with Gasteiger partial charge in [-0.15, -0.1) is 5.10 Å². The summed E-state index contributed by atoms with van der Waals surface area (Å²) < 4.78 is 6.77. The molecule has 0 aromatic carbocycles. The zero-order valence-electron chi connectivity index (χ0n) is 13.3. The van der Waals surface area contributed by atoms with Gasteiger partial charge in [-0.2, -0.15) is 0 Å². The minimum Gasteiger partial charge on any atom is -0.458 e. The normalized spacial score (nSPS) is 14.3. The first-order chi connectivity index (χ1) is 9.73. The van der Waals surface area contributed by atoms with Gasteiger partial charge in [-0.1, -0.05) is 25.5 Å². The van der Waals surface area contributed by atoms with E-state index in [-0.39, 0.29) is 18.4 Å². The van der Waals surface area contributed by atoms with Gasteiger partial charge >= 0.3 is 5.97 Å². The molecule has 0 aliphatic heterocycles. The van der Waals surface area contributed by atoms with Crippen molar-refractivity contribution in [3.05, 3.63) is 12.4 Å². The fourth-order valence-electron chi connectivity index (χ4n) is 1.72. The van der Waals surface area contributed by atoms with Crippen LogP contribution in [0, 0.1) is 5.92 Å². The molecule has 0 unspecified atom stereocenters. The molecule has 1 aromatic heterocycles. The predicted octanol–water partition coefficient (Wildman–Crippen LogP) is 1.15. The molecule has 0 saturated heterocycles. The highest BCUT2D eigenvalue weighted by molar-refractivity contribution is 5.84. The number of aromatic nitrogens is 3. The Bertz CT molecular complexity index is 465. The zero-order chi connectivity index (χ0) is 16.0. The second-order valence-electron chi connectivity index (χ2n) is 6.06. The van der Waals surface area contributed by atoms with E-state index in [4.69, 9.17) is 4.74 Å². The molecule has 0 radical (unpaired) electrons. The van der Waals surface area contributed by atoms with Gasteiger partial charge in [0.15, 0.2) is 0 Å². The summed E-state index contributed by atoms with van der Waals surface area (Å²) in [5, 5.41) is 10.1. The molecule has 7 nitrogen and oxygen atoms in total. The lowest BCUT2D eigenvalue weighted by atomic mass is 9.99. The summed E-state index contributed by atoms with van der Waals surface area (Å²) in [5.41, 5.74) is -0.584. The van der Waals surface area contributed by atoms with Crippen LogP contribution >= 0.6 is 0 Å². The van der Waals surface area contributed by atoms with Crippen LogP contribution in [-0.2, 0) is 20.9 Å². The highest BCUT2D eigenvalue weighted by atomic mass is 16.6. The largest absolute Gasteiger partial charge is 0.458 e. The fraction of sp³-hybridized carbons (Fsp3) is 0.714. The quantitative estimate of drug-likeness (QED) is 0.796. The minimum atomic E-state index is -0.662. The van der Waals surface area contributed by atoms with Crippen molar-refractivity contribution in [3.8, 4) is 0 Å². The second-order valence-corrected chi connectivity index (χ2v) is 6.06. The van der Waals surface area contributed by atoms with E-state index in [2.05, 4.69) is 15.6 Å². The van der Waals surface area contributed by atoms with E-state index in [1.54, 1.807) is 27.0 Å². The third-order valence-corrected chi connectivity index (χ3v) is 2.97. The van der Waals surface area contributed by atoms with E-state index in [0.717, 1.165) is 6.42 Å². The van der Waals surface area contributed by atoms with Crippen molar-refractivity contribution in [2.24, 2.45) is 5.92 Å². The Morgan fingerprint density at radius 1 is 1.38 bits per heavy atom.